The number of benzene rings is 2. The lowest BCUT2D eigenvalue weighted by atomic mass is 9.85. The first-order chi connectivity index (χ1) is 10.4. The van der Waals surface area contributed by atoms with Crippen molar-refractivity contribution in [1.29, 1.82) is 0 Å². The van der Waals surface area contributed by atoms with Gasteiger partial charge in [0.25, 0.3) is 5.91 Å². The van der Waals surface area contributed by atoms with Crippen molar-refractivity contribution >= 4 is 37.5 Å². The number of anilines is 1. The molecule has 0 radical (unpaired) electrons. The van der Waals surface area contributed by atoms with Gasteiger partial charge >= 0.3 is 0 Å². The van der Waals surface area contributed by atoms with E-state index in [0.717, 1.165) is 21.7 Å². The summed E-state index contributed by atoms with van der Waals surface area (Å²) in [5.74, 6) is -0.682. The van der Waals surface area contributed by atoms with Crippen LogP contribution in [0.4, 0.5) is 5.69 Å². The van der Waals surface area contributed by atoms with Crippen molar-refractivity contribution in [1.82, 2.24) is 0 Å². The molecule has 0 aromatic heterocycles. The Morgan fingerprint density at radius 3 is 2.23 bits per heavy atom. The topological polar surface area (TPSA) is 54.5 Å². The SMILES string of the molecule is CS(=O)(=O)N1C(=O)[C@@H](Br)[C@H](c2ccccc2)c2ccccc21. The second-order valence-corrected chi connectivity index (χ2v) is 8.03. The molecule has 0 spiro atoms. The predicted molar refractivity (Wildman–Crippen MR) is 89.8 cm³/mol. The van der Waals surface area contributed by atoms with Crippen molar-refractivity contribution < 1.29 is 13.2 Å². The van der Waals surface area contributed by atoms with Crippen LogP contribution >= 0.6 is 15.9 Å². The number of hydrogen-bond donors (Lipinski definition) is 0. The number of halogens is 1. The van der Waals surface area contributed by atoms with Crippen LogP contribution in [0, 0.1) is 0 Å². The van der Waals surface area contributed by atoms with E-state index in [2.05, 4.69) is 15.9 Å². The largest absolute Gasteiger partial charge is 0.272 e. The summed E-state index contributed by atoms with van der Waals surface area (Å²) >= 11 is 3.40. The van der Waals surface area contributed by atoms with Crippen molar-refractivity contribution in [3.8, 4) is 0 Å². The van der Waals surface area contributed by atoms with E-state index in [4.69, 9.17) is 0 Å². The van der Waals surface area contributed by atoms with E-state index in [9.17, 15) is 13.2 Å². The highest BCUT2D eigenvalue weighted by Crippen LogP contribution is 2.43. The lowest BCUT2D eigenvalue weighted by Gasteiger charge is -2.36. The molecule has 4 nitrogen and oxygen atoms in total. The summed E-state index contributed by atoms with van der Waals surface area (Å²) in [6.45, 7) is 0. The van der Waals surface area contributed by atoms with Gasteiger partial charge in [0.2, 0.25) is 10.0 Å². The zero-order valence-electron chi connectivity index (χ0n) is 11.8. The van der Waals surface area contributed by atoms with Crippen LogP contribution in [0.25, 0.3) is 0 Å². The Morgan fingerprint density at radius 1 is 1.00 bits per heavy atom. The highest BCUT2D eigenvalue weighted by molar-refractivity contribution is 9.10. The smallest absolute Gasteiger partial charge is 0.255 e. The molecule has 6 heteroatoms. The fraction of sp³-hybridized carbons (Fsp3) is 0.188. The number of alkyl halides is 1. The van der Waals surface area contributed by atoms with Crippen molar-refractivity contribution in [2.24, 2.45) is 0 Å². The fourth-order valence-electron chi connectivity index (χ4n) is 2.82. The van der Waals surface area contributed by atoms with Gasteiger partial charge in [-0.2, -0.15) is 0 Å². The third kappa shape index (κ3) is 2.46. The lowest BCUT2D eigenvalue weighted by molar-refractivity contribution is -0.117. The molecule has 1 heterocycles. The molecule has 0 unspecified atom stereocenters. The number of carbonyl (C=O) groups excluding carboxylic acids is 1. The van der Waals surface area contributed by atoms with Gasteiger partial charge in [-0.25, -0.2) is 12.7 Å². The van der Waals surface area contributed by atoms with E-state index in [-0.39, 0.29) is 5.92 Å². The molecular formula is C16H14BrNO3S. The van der Waals surface area contributed by atoms with Crippen LogP contribution in [-0.2, 0) is 14.8 Å². The maximum absolute atomic E-state index is 12.6. The van der Waals surface area contributed by atoms with Gasteiger partial charge in [0.05, 0.1) is 11.9 Å². The van der Waals surface area contributed by atoms with Crippen molar-refractivity contribution in [2.45, 2.75) is 10.7 Å². The summed E-state index contributed by atoms with van der Waals surface area (Å²) in [4.78, 5) is 12.0. The van der Waals surface area contributed by atoms with E-state index in [1.165, 1.54) is 0 Å². The third-order valence-electron chi connectivity index (χ3n) is 3.71. The minimum atomic E-state index is -3.67. The standard InChI is InChI=1S/C16H14BrNO3S/c1-22(20,21)18-13-10-6-5-9-12(13)14(15(17)16(18)19)11-7-3-2-4-8-11/h2-10,14-15H,1H3/t14-,15+/m1/s1. The van der Waals surface area contributed by atoms with Crippen LogP contribution in [0.15, 0.2) is 54.6 Å². The van der Waals surface area contributed by atoms with E-state index < -0.39 is 20.8 Å². The molecule has 1 aliphatic heterocycles. The molecular weight excluding hydrogens is 366 g/mol. The molecule has 1 aliphatic rings. The van der Waals surface area contributed by atoms with Gasteiger partial charge in [-0.1, -0.05) is 64.5 Å². The van der Waals surface area contributed by atoms with Crippen LogP contribution in [0.2, 0.25) is 0 Å². The van der Waals surface area contributed by atoms with E-state index in [1.807, 2.05) is 42.5 Å². The predicted octanol–water partition coefficient (Wildman–Crippen LogP) is 2.89. The fourth-order valence-corrected chi connectivity index (χ4v) is 4.71. The molecule has 2 atom stereocenters. The van der Waals surface area contributed by atoms with Crippen LogP contribution in [0.5, 0.6) is 0 Å². The van der Waals surface area contributed by atoms with Crippen molar-refractivity contribution in [2.75, 3.05) is 10.6 Å². The third-order valence-corrected chi connectivity index (χ3v) is 5.67. The molecule has 22 heavy (non-hydrogen) atoms. The Labute approximate surface area is 137 Å². The van der Waals surface area contributed by atoms with Gasteiger partial charge in [0.15, 0.2) is 0 Å². The number of para-hydroxylation sites is 1. The van der Waals surface area contributed by atoms with Gasteiger partial charge in [-0.15, -0.1) is 0 Å². The monoisotopic (exact) mass is 379 g/mol. The summed E-state index contributed by atoms with van der Waals surface area (Å²) in [5.41, 5.74) is 2.22. The maximum atomic E-state index is 12.6. The van der Waals surface area contributed by atoms with Crippen LogP contribution < -0.4 is 4.31 Å². The molecule has 0 aliphatic carbocycles. The Bertz CT molecular complexity index is 820. The molecule has 0 fully saturated rings. The average Bonchev–Trinajstić information content (AvgIpc) is 2.48. The maximum Gasteiger partial charge on any atom is 0.255 e. The number of hydrogen-bond acceptors (Lipinski definition) is 3. The number of sulfonamides is 1. The first-order valence-electron chi connectivity index (χ1n) is 6.73. The molecule has 0 N–H and O–H groups in total. The quantitative estimate of drug-likeness (QED) is 0.753. The molecule has 0 saturated heterocycles. The molecule has 114 valence electrons. The van der Waals surface area contributed by atoms with E-state index in [0.29, 0.717) is 5.69 Å². The van der Waals surface area contributed by atoms with E-state index >= 15 is 0 Å². The van der Waals surface area contributed by atoms with Crippen LogP contribution in [0.3, 0.4) is 0 Å². The van der Waals surface area contributed by atoms with E-state index in [1.54, 1.807) is 12.1 Å². The number of carbonyl (C=O) groups is 1. The van der Waals surface area contributed by atoms with Gasteiger partial charge in [-0.05, 0) is 17.2 Å². The zero-order chi connectivity index (χ0) is 15.9. The van der Waals surface area contributed by atoms with Gasteiger partial charge in [0, 0.05) is 5.92 Å². The Morgan fingerprint density at radius 2 is 1.59 bits per heavy atom. The Hall–Kier alpha value is -1.66. The summed E-state index contributed by atoms with van der Waals surface area (Å²) in [6, 6.07) is 16.7. The molecule has 1 amide bonds. The molecule has 2 aromatic rings. The van der Waals surface area contributed by atoms with Gasteiger partial charge in [0.1, 0.15) is 4.83 Å². The second kappa shape index (κ2) is 5.52. The second-order valence-electron chi connectivity index (χ2n) is 5.21. The molecule has 0 bridgehead atoms. The number of fused-ring (bicyclic) bond motifs is 1. The van der Waals surface area contributed by atoms with Gasteiger partial charge < -0.3 is 0 Å². The summed E-state index contributed by atoms with van der Waals surface area (Å²) in [5, 5.41) is 0. The van der Waals surface area contributed by atoms with Crippen molar-refractivity contribution in [3.63, 3.8) is 0 Å². The number of rotatable bonds is 2. The highest BCUT2D eigenvalue weighted by atomic mass is 79.9. The molecule has 3 rings (SSSR count). The van der Waals surface area contributed by atoms with Gasteiger partial charge in [-0.3, -0.25) is 4.79 Å². The normalized spacial score (nSPS) is 21.5. The van der Waals surface area contributed by atoms with Crippen LogP contribution in [-0.4, -0.2) is 25.4 Å². The Kier molecular flexibility index (Phi) is 3.82. The van der Waals surface area contributed by atoms with Crippen LogP contribution in [0.1, 0.15) is 17.0 Å². The molecule has 0 saturated carbocycles. The van der Waals surface area contributed by atoms with Crippen molar-refractivity contribution in [3.05, 3.63) is 65.7 Å². The first kappa shape index (κ1) is 15.2. The minimum absolute atomic E-state index is 0.220. The lowest BCUT2D eigenvalue weighted by Crippen LogP contribution is -2.47. The summed E-state index contributed by atoms with van der Waals surface area (Å²) in [6.07, 6.45) is 1.05. The number of amides is 1. The summed E-state index contributed by atoms with van der Waals surface area (Å²) < 4.78 is 25.0. The highest BCUT2D eigenvalue weighted by Gasteiger charge is 2.43. The molecule has 2 aromatic carbocycles. The first-order valence-corrected chi connectivity index (χ1v) is 9.50. The number of nitrogens with zero attached hydrogens (tertiary/aromatic N) is 1. The zero-order valence-corrected chi connectivity index (χ0v) is 14.2. The summed E-state index contributed by atoms with van der Waals surface area (Å²) in [7, 11) is -3.67. The average molecular weight is 380 g/mol. The Balaban J connectivity index is 2.25. The minimum Gasteiger partial charge on any atom is -0.272 e.